The van der Waals surface area contributed by atoms with Gasteiger partial charge in [0.15, 0.2) is 5.71 Å². The number of nitrogens with zero attached hydrogens (tertiary/aromatic N) is 2. The van der Waals surface area contributed by atoms with Crippen LogP contribution in [0.2, 0.25) is 0 Å². The van der Waals surface area contributed by atoms with Crippen molar-refractivity contribution in [3.8, 4) is 0 Å². The second-order valence-electron chi connectivity index (χ2n) is 15.5. The second-order valence-corrected chi connectivity index (χ2v) is 21.9. The monoisotopic (exact) mass is 887 g/mol. The summed E-state index contributed by atoms with van der Waals surface area (Å²) in [7, 11) is -17.3. The number of allylic oxidation sites excluding steroid dienone is 8. The molecule has 2 aliphatic heterocycles. The van der Waals surface area contributed by atoms with E-state index in [1.165, 1.54) is 24.3 Å². The molecule has 2 aromatic rings. The van der Waals surface area contributed by atoms with Gasteiger partial charge in [-0.1, -0.05) is 37.6 Å². The first-order valence-corrected chi connectivity index (χ1v) is 24.7. The Morgan fingerprint density at radius 1 is 0.719 bits per heavy atom. The molecule has 4 N–H and O–H groups in total. The Hall–Kier alpha value is -3.20. The molecule has 5 rings (SSSR count). The standard InChI is InChI=1S/C38H47ClN2O12S4/c1-37(2)30-24-28(56(48,49)50)14-16-32(30)40(20-5-7-22-54(42,43)44)34(37)18-12-26-10-9-11-27(36(26)39)13-19-35-38(3,4)31-25-29(57(51,52)53)15-17-33(31)41(35)21-6-8-23-55(45,46)47/h12-19,24-25H,5-11,20-23H2,1-4H3,(H3-,42,43,44,45,46,47,48,49,50,51,52,53)/p+1. The molecule has 0 unspecified atom stereocenters. The van der Waals surface area contributed by atoms with Crippen molar-refractivity contribution in [1.82, 2.24) is 0 Å². The lowest BCUT2D eigenvalue weighted by Crippen LogP contribution is -2.28. The van der Waals surface area contributed by atoms with E-state index in [9.17, 15) is 51.9 Å². The molecular weight excluding hydrogens is 840 g/mol. The van der Waals surface area contributed by atoms with Gasteiger partial charge in [-0.15, -0.1) is 0 Å². The molecule has 14 nitrogen and oxygen atoms in total. The molecule has 0 bridgehead atoms. The molecule has 57 heavy (non-hydrogen) atoms. The van der Waals surface area contributed by atoms with Crippen molar-refractivity contribution < 1.29 is 56.5 Å². The van der Waals surface area contributed by atoms with E-state index in [-0.39, 0.29) is 22.6 Å². The van der Waals surface area contributed by atoms with Gasteiger partial charge in [0.2, 0.25) is 5.69 Å². The number of unbranched alkanes of at least 4 members (excludes halogenated alkanes) is 2. The van der Waals surface area contributed by atoms with Crippen molar-refractivity contribution >= 4 is 69.2 Å². The Bertz CT molecular complexity index is 2570. The first kappa shape index (κ1) is 44.9. The van der Waals surface area contributed by atoms with Crippen molar-refractivity contribution in [3.05, 3.63) is 93.7 Å². The average Bonchev–Trinajstić information content (AvgIpc) is 3.43. The van der Waals surface area contributed by atoms with E-state index in [0.29, 0.717) is 66.3 Å². The van der Waals surface area contributed by atoms with Crippen LogP contribution in [0.25, 0.3) is 0 Å². The van der Waals surface area contributed by atoms with E-state index < -0.39 is 62.8 Å². The number of hydrogen-bond acceptors (Lipinski definition) is 9. The van der Waals surface area contributed by atoms with Gasteiger partial charge in [-0.05, 0) is 105 Å². The van der Waals surface area contributed by atoms with Crippen molar-refractivity contribution in [3.63, 3.8) is 0 Å². The van der Waals surface area contributed by atoms with E-state index in [1.54, 1.807) is 12.1 Å². The molecule has 0 saturated heterocycles. The SMILES string of the molecule is CC1(C)C(=C/C=C2\CCCC(/C=C/C3=[N+](CCCCS(=O)(=O)O)c4ccc(S(=O)(=O)O)cc4C3(C)C)=C2Cl)N(CCCCS(=O)(=O)O)c2ccc(S(=O)(=O)O)cc21. The Morgan fingerprint density at radius 3 is 1.89 bits per heavy atom. The number of fused-ring (bicyclic) bond motifs is 2. The van der Waals surface area contributed by atoms with Gasteiger partial charge in [0.25, 0.3) is 40.5 Å². The maximum Gasteiger partial charge on any atom is 0.294 e. The zero-order valence-corrected chi connectivity index (χ0v) is 36.0. The molecule has 0 spiro atoms. The molecule has 312 valence electrons. The van der Waals surface area contributed by atoms with E-state index in [2.05, 4.69) is 0 Å². The summed E-state index contributed by atoms with van der Waals surface area (Å²) in [6.07, 6.45) is 10.9. The average molecular weight is 889 g/mol. The van der Waals surface area contributed by atoms with Crippen LogP contribution in [0.5, 0.6) is 0 Å². The molecule has 3 aliphatic rings. The lowest BCUT2D eigenvalue weighted by atomic mass is 9.81. The molecule has 0 radical (unpaired) electrons. The van der Waals surface area contributed by atoms with E-state index in [4.69, 9.17) is 11.6 Å². The molecule has 0 atom stereocenters. The molecule has 0 amide bonds. The number of hydrogen-bond donors (Lipinski definition) is 4. The van der Waals surface area contributed by atoms with Crippen molar-refractivity contribution in [2.75, 3.05) is 29.5 Å². The maximum atomic E-state index is 12.0. The molecule has 2 heterocycles. The fourth-order valence-electron chi connectivity index (χ4n) is 7.79. The minimum absolute atomic E-state index is 0.192. The summed E-state index contributed by atoms with van der Waals surface area (Å²) in [4.78, 5) is 1.47. The van der Waals surface area contributed by atoms with Crippen LogP contribution >= 0.6 is 11.6 Å². The topological polar surface area (TPSA) is 224 Å². The highest BCUT2D eigenvalue weighted by molar-refractivity contribution is 7.86. The van der Waals surface area contributed by atoms with Crippen LogP contribution in [0.15, 0.2) is 92.4 Å². The van der Waals surface area contributed by atoms with Gasteiger partial charge < -0.3 is 4.90 Å². The smallest absolute Gasteiger partial charge is 0.294 e. The molecule has 1 aliphatic carbocycles. The van der Waals surface area contributed by atoms with Crippen LogP contribution < -0.4 is 4.90 Å². The van der Waals surface area contributed by atoms with Crippen LogP contribution in [-0.2, 0) is 51.3 Å². The van der Waals surface area contributed by atoms with Gasteiger partial charge in [-0.25, -0.2) is 0 Å². The molecule has 2 aromatic carbocycles. The highest BCUT2D eigenvalue weighted by Crippen LogP contribution is 2.49. The Morgan fingerprint density at radius 2 is 1.30 bits per heavy atom. The fraction of sp³-hybridized carbons (Fsp3) is 0.447. The van der Waals surface area contributed by atoms with Crippen molar-refractivity contribution in [2.45, 2.75) is 93.3 Å². The summed E-state index contributed by atoms with van der Waals surface area (Å²) in [6, 6.07) is 8.70. The third-order valence-corrected chi connectivity index (χ3v) is 14.5. The molecular formula is C38H48ClN2O12S4+. The second kappa shape index (κ2) is 16.5. The summed E-state index contributed by atoms with van der Waals surface area (Å²) in [6.45, 7) is 8.39. The number of halogens is 1. The van der Waals surface area contributed by atoms with E-state index in [1.807, 2.05) is 61.5 Å². The Labute approximate surface area is 340 Å². The minimum atomic E-state index is -4.49. The van der Waals surface area contributed by atoms with Gasteiger partial charge in [0.1, 0.15) is 6.54 Å². The number of rotatable bonds is 15. The van der Waals surface area contributed by atoms with Gasteiger partial charge in [0, 0.05) is 52.5 Å². The van der Waals surface area contributed by atoms with Crippen molar-refractivity contribution in [2.24, 2.45) is 0 Å². The molecule has 0 fully saturated rings. The summed E-state index contributed by atoms with van der Waals surface area (Å²) in [5.41, 5.74) is 4.44. The fourth-order valence-corrected chi connectivity index (χ4v) is 10.3. The quantitative estimate of drug-likeness (QED) is 0.0828. The highest BCUT2D eigenvalue weighted by Gasteiger charge is 2.45. The lowest BCUT2D eigenvalue weighted by molar-refractivity contribution is -0.438. The number of benzene rings is 2. The van der Waals surface area contributed by atoms with E-state index in [0.717, 1.165) is 29.0 Å². The third kappa shape index (κ3) is 10.3. The van der Waals surface area contributed by atoms with Crippen molar-refractivity contribution in [1.29, 1.82) is 0 Å². The molecule has 0 aromatic heterocycles. The van der Waals surface area contributed by atoms with E-state index >= 15 is 0 Å². The minimum Gasteiger partial charge on any atom is -0.344 e. The van der Waals surface area contributed by atoms with Crippen LogP contribution in [0.1, 0.15) is 83.8 Å². The summed E-state index contributed by atoms with van der Waals surface area (Å²) in [5.74, 6) is -0.809. The highest BCUT2D eigenvalue weighted by atomic mass is 35.5. The zero-order valence-electron chi connectivity index (χ0n) is 32.0. The molecule has 19 heteroatoms. The van der Waals surface area contributed by atoms with Crippen LogP contribution in [0.3, 0.4) is 0 Å². The predicted octanol–water partition coefficient (Wildman–Crippen LogP) is 6.73. The normalized spacial score (nSPS) is 20.0. The first-order valence-electron chi connectivity index (χ1n) is 18.3. The first-order chi connectivity index (χ1) is 26.2. The lowest BCUT2D eigenvalue weighted by Gasteiger charge is -2.27. The maximum absolute atomic E-state index is 12.0. The van der Waals surface area contributed by atoms with Gasteiger partial charge >= 0.3 is 0 Å². The van der Waals surface area contributed by atoms with Gasteiger partial charge in [-0.2, -0.15) is 38.2 Å². The summed E-state index contributed by atoms with van der Waals surface area (Å²) in [5, 5.41) is 0.526. The largest absolute Gasteiger partial charge is 0.344 e. The Balaban J connectivity index is 1.52. The summed E-state index contributed by atoms with van der Waals surface area (Å²) < 4.78 is 134. The summed E-state index contributed by atoms with van der Waals surface area (Å²) >= 11 is 7.09. The van der Waals surface area contributed by atoms with Gasteiger partial charge in [-0.3, -0.25) is 18.2 Å². The molecule has 0 saturated carbocycles. The third-order valence-electron chi connectivity index (χ3n) is 10.7. The van der Waals surface area contributed by atoms with Crippen LogP contribution in [0, 0.1) is 0 Å². The number of anilines is 1. The van der Waals surface area contributed by atoms with Crippen LogP contribution in [0.4, 0.5) is 11.4 Å². The predicted molar refractivity (Wildman–Crippen MR) is 219 cm³/mol. The van der Waals surface area contributed by atoms with Crippen LogP contribution in [-0.4, -0.2) is 86.8 Å². The van der Waals surface area contributed by atoms with Gasteiger partial charge in [0.05, 0.1) is 26.7 Å². The zero-order chi connectivity index (χ0) is 42.4. The Kier molecular flexibility index (Phi) is 13.0.